The Morgan fingerprint density at radius 3 is 2.43 bits per heavy atom. The van der Waals surface area contributed by atoms with Crippen LogP contribution >= 0.6 is 15.9 Å². The molecule has 21 heavy (non-hydrogen) atoms. The molecule has 0 saturated carbocycles. The van der Waals surface area contributed by atoms with Gasteiger partial charge in [0.25, 0.3) is 0 Å². The highest BCUT2D eigenvalue weighted by Gasteiger charge is 2.11. The van der Waals surface area contributed by atoms with Crippen LogP contribution in [0.4, 0.5) is 11.4 Å². The van der Waals surface area contributed by atoms with Crippen LogP contribution in [0.2, 0.25) is 0 Å². The van der Waals surface area contributed by atoms with Crippen LogP contribution in [-0.2, 0) is 10.0 Å². The van der Waals surface area contributed by atoms with E-state index in [0.717, 1.165) is 10.0 Å². The minimum atomic E-state index is -3.27. The molecule has 2 aromatic rings. The number of nitrogens with zero attached hydrogens (tertiary/aromatic N) is 2. The van der Waals surface area contributed by atoms with Crippen LogP contribution in [0.25, 0.3) is 0 Å². The topological polar surface area (TPSA) is 49.7 Å². The fourth-order valence-corrected chi connectivity index (χ4v) is 2.42. The number of rotatable bonds is 4. The molecule has 0 spiro atoms. The molecule has 0 fully saturated rings. The van der Waals surface area contributed by atoms with Gasteiger partial charge in [0, 0.05) is 17.7 Å². The predicted molar refractivity (Wildman–Crippen MR) is 91.1 cm³/mol. The third kappa shape index (κ3) is 4.41. The molecule has 2 aromatic carbocycles. The normalized spacial score (nSPS) is 11.8. The molecule has 0 amide bonds. The van der Waals surface area contributed by atoms with Crippen LogP contribution < -0.4 is 4.31 Å². The van der Waals surface area contributed by atoms with Crippen molar-refractivity contribution in [2.75, 3.05) is 17.6 Å². The Bertz CT molecular complexity index is 755. The van der Waals surface area contributed by atoms with Crippen molar-refractivity contribution in [3.63, 3.8) is 0 Å². The summed E-state index contributed by atoms with van der Waals surface area (Å²) in [6, 6.07) is 14.8. The van der Waals surface area contributed by atoms with E-state index in [4.69, 9.17) is 0 Å². The van der Waals surface area contributed by atoms with Crippen molar-refractivity contribution in [2.24, 2.45) is 4.99 Å². The lowest BCUT2D eigenvalue weighted by atomic mass is 10.2. The second-order valence-electron chi connectivity index (χ2n) is 4.56. The molecule has 6 heteroatoms. The zero-order chi connectivity index (χ0) is 15.5. The summed E-state index contributed by atoms with van der Waals surface area (Å²) >= 11 is 3.38. The Labute approximate surface area is 133 Å². The molecule has 0 aliphatic carbocycles. The summed E-state index contributed by atoms with van der Waals surface area (Å²) in [7, 11) is -1.75. The second kappa shape index (κ2) is 6.41. The van der Waals surface area contributed by atoms with Crippen molar-refractivity contribution in [3.8, 4) is 0 Å². The van der Waals surface area contributed by atoms with E-state index < -0.39 is 10.0 Å². The maximum Gasteiger partial charge on any atom is 0.231 e. The fourth-order valence-electron chi connectivity index (χ4n) is 1.66. The monoisotopic (exact) mass is 366 g/mol. The Kier molecular flexibility index (Phi) is 4.80. The average molecular weight is 367 g/mol. The third-order valence-corrected chi connectivity index (χ3v) is 4.66. The Morgan fingerprint density at radius 2 is 1.81 bits per heavy atom. The van der Waals surface area contributed by atoms with Gasteiger partial charge in [0.1, 0.15) is 0 Å². The molecule has 0 heterocycles. The summed E-state index contributed by atoms with van der Waals surface area (Å²) < 4.78 is 25.3. The van der Waals surface area contributed by atoms with E-state index in [-0.39, 0.29) is 0 Å². The molecule has 0 aromatic heterocycles. The first kappa shape index (κ1) is 15.7. The molecule has 0 atom stereocenters. The maximum atomic E-state index is 11.5. The van der Waals surface area contributed by atoms with Crippen LogP contribution in [-0.4, -0.2) is 27.9 Å². The predicted octanol–water partition coefficient (Wildman–Crippen LogP) is 3.60. The lowest BCUT2D eigenvalue weighted by Crippen LogP contribution is -2.24. The molecule has 0 N–H and O–H groups in total. The van der Waals surface area contributed by atoms with Crippen molar-refractivity contribution >= 4 is 43.5 Å². The van der Waals surface area contributed by atoms with Gasteiger partial charge in [-0.25, -0.2) is 8.42 Å². The molecule has 0 aliphatic heterocycles. The van der Waals surface area contributed by atoms with E-state index in [1.165, 1.54) is 17.6 Å². The van der Waals surface area contributed by atoms with Gasteiger partial charge in [-0.15, -0.1) is 0 Å². The van der Waals surface area contributed by atoms with Gasteiger partial charge in [-0.3, -0.25) is 9.30 Å². The molecule has 0 unspecified atom stereocenters. The summed E-state index contributed by atoms with van der Waals surface area (Å²) in [6.07, 6.45) is 2.91. The van der Waals surface area contributed by atoms with Gasteiger partial charge < -0.3 is 0 Å². The van der Waals surface area contributed by atoms with Gasteiger partial charge in [-0.2, -0.15) is 0 Å². The van der Waals surface area contributed by atoms with E-state index >= 15 is 0 Å². The molecular formula is C15H15BrN2O2S. The lowest BCUT2D eigenvalue weighted by molar-refractivity contribution is 0.600. The smallest absolute Gasteiger partial charge is 0.231 e. The number of hydrogen-bond donors (Lipinski definition) is 0. The molecule has 110 valence electrons. The molecule has 0 saturated heterocycles. The maximum absolute atomic E-state index is 11.5. The summed E-state index contributed by atoms with van der Waals surface area (Å²) in [6.45, 7) is 0. The van der Waals surface area contributed by atoms with Crippen LogP contribution in [0.3, 0.4) is 0 Å². The first-order valence-corrected chi connectivity index (χ1v) is 8.84. The molecule has 4 nitrogen and oxygen atoms in total. The van der Waals surface area contributed by atoms with Crippen molar-refractivity contribution < 1.29 is 8.42 Å². The summed E-state index contributed by atoms with van der Waals surface area (Å²) in [5.41, 5.74) is 2.26. The minimum absolute atomic E-state index is 0.586. The number of halogens is 1. The zero-order valence-electron chi connectivity index (χ0n) is 11.7. The highest BCUT2D eigenvalue weighted by Crippen LogP contribution is 2.22. The summed E-state index contributed by atoms with van der Waals surface area (Å²) in [5, 5.41) is 0. The quantitative estimate of drug-likeness (QED) is 0.776. The molecule has 0 radical (unpaired) electrons. The first-order chi connectivity index (χ1) is 9.86. The Morgan fingerprint density at radius 1 is 1.14 bits per heavy atom. The average Bonchev–Trinajstić information content (AvgIpc) is 2.45. The van der Waals surface area contributed by atoms with Crippen LogP contribution in [0.15, 0.2) is 58.0 Å². The Hall–Kier alpha value is -1.66. The van der Waals surface area contributed by atoms with Gasteiger partial charge in [-0.1, -0.05) is 34.1 Å². The molecular weight excluding hydrogens is 352 g/mol. The number of aliphatic imine (C=N–C) groups is 1. The SMILES string of the molecule is CN(c1cccc(N=Cc2ccc(Br)cc2)c1)S(C)(=O)=O. The standard InChI is InChI=1S/C15H15BrN2O2S/c1-18(21(2,19)20)15-5-3-4-14(10-15)17-11-12-6-8-13(16)9-7-12/h3-11H,1-2H3. The van der Waals surface area contributed by atoms with Crippen LogP contribution in [0.1, 0.15) is 5.56 Å². The van der Waals surface area contributed by atoms with Crippen LogP contribution in [0.5, 0.6) is 0 Å². The number of benzene rings is 2. The first-order valence-electron chi connectivity index (χ1n) is 6.20. The van der Waals surface area contributed by atoms with Gasteiger partial charge in [0.05, 0.1) is 17.6 Å². The van der Waals surface area contributed by atoms with Gasteiger partial charge in [-0.05, 0) is 35.9 Å². The van der Waals surface area contributed by atoms with E-state index in [0.29, 0.717) is 11.4 Å². The van der Waals surface area contributed by atoms with E-state index in [9.17, 15) is 8.42 Å². The fraction of sp³-hybridized carbons (Fsp3) is 0.133. The van der Waals surface area contributed by atoms with E-state index in [1.54, 1.807) is 24.4 Å². The largest absolute Gasteiger partial charge is 0.273 e. The van der Waals surface area contributed by atoms with Crippen molar-refractivity contribution in [1.82, 2.24) is 0 Å². The van der Waals surface area contributed by atoms with Gasteiger partial charge in [0.15, 0.2) is 0 Å². The molecule has 0 bridgehead atoms. The molecule has 0 aliphatic rings. The lowest BCUT2D eigenvalue weighted by Gasteiger charge is -2.16. The van der Waals surface area contributed by atoms with Gasteiger partial charge in [0.2, 0.25) is 10.0 Å². The zero-order valence-corrected chi connectivity index (χ0v) is 14.1. The number of anilines is 1. The highest BCUT2D eigenvalue weighted by molar-refractivity contribution is 9.10. The number of sulfonamides is 1. The minimum Gasteiger partial charge on any atom is -0.273 e. The van der Waals surface area contributed by atoms with Crippen molar-refractivity contribution in [3.05, 3.63) is 58.6 Å². The molecule has 2 rings (SSSR count). The Balaban J connectivity index is 2.24. The third-order valence-electron chi connectivity index (χ3n) is 2.92. The summed E-state index contributed by atoms with van der Waals surface area (Å²) in [5.74, 6) is 0. The van der Waals surface area contributed by atoms with Crippen molar-refractivity contribution in [2.45, 2.75) is 0 Å². The summed E-state index contributed by atoms with van der Waals surface area (Å²) in [4.78, 5) is 4.37. The number of hydrogen-bond acceptors (Lipinski definition) is 3. The van der Waals surface area contributed by atoms with Crippen LogP contribution in [0, 0.1) is 0 Å². The van der Waals surface area contributed by atoms with E-state index in [1.807, 2.05) is 30.3 Å². The van der Waals surface area contributed by atoms with Crippen molar-refractivity contribution in [1.29, 1.82) is 0 Å². The second-order valence-corrected chi connectivity index (χ2v) is 7.49. The van der Waals surface area contributed by atoms with Gasteiger partial charge >= 0.3 is 0 Å². The highest BCUT2D eigenvalue weighted by atomic mass is 79.9. The van der Waals surface area contributed by atoms with E-state index in [2.05, 4.69) is 20.9 Å².